The predicted molar refractivity (Wildman–Crippen MR) is 167 cm³/mol. The van der Waals surface area contributed by atoms with E-state index in [1.165, 1.54) is 28.8 Å². The van der Waals surface area contributed by atoms with Gasteiger partial charge in [-0.25, -0.2) is 4.39 Å². The molecule has 0 bridgehead atoms. The first kappa shape index (κ1) is 30.4. The van der Waals surface area contributed by atoms with Crippen LogP contribution in [0, 0.1) is 5.82 Å². The van der Waals surface area contributed by atoms with Gasteiger partial charge >= 0.3 is 5.91 Å². The summed E-state index contributed by atoms with van der Waals surface area (Å²) in [4.78, 5) is 28.6. The average molecular weight is 650 g/mol. The van der Waals surface area contributed by atoms with Crippen LogP contribution in [-0.4, -0.2) is 53.4 Å². The number of aliphatic hydroxyl groups is 1. The maximum Gasteiger partial charge on any atom is 0.301 e. The summed E-state index contributed by atoms with van der Waals surface area (Å²) in [7, 11) is 0. The number of rotatable bonds is 10. The molecule has 1 amide bonds. The second-order valence-corrected chi connectivity index (χ2v) is 12.0. The molecule has 0 spiro atoms. The van der Waals surface area contributed by atoms with Crippen LogP contribution >= 0.6 is 23.1 Å². The molecule has 6 rings (SSSR count). The molecule has 45 heavy (non-hydrogen) atoms. The Kier molecular flexibility index (Phi) is 8.90. The summed E-state index contributed by atoms with van der Waals surface area (Å²) in [6, 6.07) is 15.0. The molecule has 1 saturated heterocycles. The van der Waals surface area contributed by atoms with Crippen molar-refractivity contribution in [2.75, 3.05) is 31.3 Å². The van der Waals surface area contributed by atoms with Crippen LogP contribution in [-0.2, 0) is 15.3 Å². The summed E-state index contributed by atoms with van der Waals surface area (Å²) in [5.74, 6) is -0.0814. The zero-order valence-corrected chi connectivity index (χ0v) is 26.0. The molecule has 0 aliphatic carbocycles. The van der Waals surface area contributed by atoms with Gasteiger partial charge in [-0.2, -0.15) is 0 Å². The van der Waals surface area contributed by atoms with Crippen molar-refractivity contribution in [2.24, 2.45) is 0 Å². The highest BCUT2D eigenvalue weighted by molar-refractivity contribution is 8.00. The molecular weight excluding hydrogens is 621 g/mol. The van der Waals surface area contributed by atoms with E-state index in [1.807, 2.05) is 13.8 Å². The van der Waals surface area contributed by atoms with Crippen LogP contribution in [0.1, 0.15) is 36.6 Å². The summed E-state index contributed by atoms with van der Waals surface area (Å²) >= 11 is 2.50. The third-order valence-electron chi connectivity index (χ3n) is 7.02. The average Bonchev–Trinajstić information content (AvgIpc) is 3.63. The van der Waals surface area contributed by atoms with Gasteiger partial charge in [0.1, 0.15) is 24.8 Å². The number of hydrogen-bond acceptors (Lipinski definition) is 11. The van der Waals surface area contributed by atoms with E-state index in [0.29, 0.717) is 65.1 Å². The van der Waals surface area contributed by atoms with Crippen LogP contribution in [0.3, 0.4) is 0 Å². The number of ether oxygens (including phenoxy) is 4. The highest BCUT2D eigenvalue weighted by Gasteiger charge is 2.48. The highest BCUT2D eigenvalue weighted by atomic mass is 32.2. The standard InChI is InChI=1S/C32H28FN3O7S2/c1-3-40-22-11-7-19(15-24(22)41-4-2)27-26(28(37)20-8-12-23-25(16-20)43-14-13-42-23)29(38)30(39)36(27)31-34-35-32(45-31)44-17-18-5-9-21(33)10-6-18/h5-12,15-16,27,37H,3-4,13-14,17H2,1-2H3. The maximum atomic E-state index is 13.7. The van der Waals surface area contributed by atoms with Crippen LogP contribution in [0.4, 0.5) is 9.52 Å². The Morgan fingerprint density at radius 3 is 2.47 bits per heavy atom. The lowest BCUT2D eigenvalue weighted by Crippen LogP contribution is -2.29. The van der Waals surface area contributed by atoms with E-state index in [4.69, 9.17) is 18.9 Å². The zero-order chi connectivity index (χ0) is 31.5. The number of Topliss-reactive ketones (excluding diaryl/α,β-unsaturated/α-hetero) is 1. The number of carbonyl (C=O) groups is 2. The molecule has 1 fully saturated rings. The molecule has 0 saturated carbocycles. The van der Waals surface area contributed by atoms with Crippen LogP contribution in [0.25, 0.3) is 5.76 Å². The monoisotopic (exact) mass is 649 g/mol. The van der Waals surface area contributed by atoms with Crippen molar-refractivity contribution < 1.29 is 38.0 Å². The minimum absolute atomic E-state index is 0.126. The van der Waals surface area contributed by atoms with E-state index in [1.54, 1.807) is 48.5 Å². The molecule has 1 unspecified atom stereocenters. The van der Waals surface area contributed by atoms with Gasteiger partial charge in [-0.3, -0.25) is 14.5 Å². The molecule has 4 aromatic rings. The van der Waals surface area contributed by atoms with E-state index >= 15 is 0 Å². The number of benzene rings is 3. The van der Waals surface area contributed by atoms with Gasteiger partial charge in [0.15, 0.2) is 27.3 Å². The molecule has 1 N–H and O–H groups in total. The molecule has 10 nitrogen and oxygen atoms in total. The van der Waals surface area contributed by atoms with Gasteiger partial charge in [0.05, 0.1) is 24.8 Å². The number of hydrogen-bond donors (Lipinski definition) is 1. The van der Waals surface area contributed by atoms with Gasteiger partial charge in [0.2, 0.25) is 5.13 Å². The number of amides is 1. The highest BCUT2D eigenvalue weighted by Crippen LogP contribution is 2.46. The Bertz CT molecular complexity index is 1780. The van der Waals surface area contributed by atoms with Crippen LogP contribution in [0.2, 0.25) is 0 Å². The van der Waals surface area contributed by atoms with Crippen molar-refractivity contribution in [1.29, 1.82) is 0 Å². The third-order valence-corrected chi connectivity index (χ3v) is 9.15. The first-order valence-electron chi connectivity index (χ1n) is 14.2. The minimum Gasteiger partial charge on any atom is -0.507 e. The Balaban J connectivity index is 1.42. The smallest absolute Gasteiger partial charge is 0.301 e. The lowest BCUT2D eigenvalue weighted by Gasteiger charge is -2.24. The number of halogens is 1. The molecule has 2 aliphatic heterocycles. The summed E-state index contributed by atoms with van der Waals surface area (Å²) < 4.78 is 36.7. The largest absolute Gasteiger partial charge is 0.507 e. The van der Waals surface area contributed by atoms with Gasteiger partial charge < -0.3 is 24.1 Å². The fourth-order valence-electron chi connectivity index (χ4n) is 5.01. The fourth-order valence-corrected chi connectivity index (χ4v) is 6.84. The van der Waals surface area contributed by atoms with Crippen LogP contribution < -0.4 is 23.8 Å². The molecule has 1 aromatic heterocycles. The molecule has 3 aromatic carbocycles. The van der Waals surface area contributed by atoms with Gasteiger partial charge in [-0.05, 0) is 67.4 Å². The summed E-state index contributed by atoms with van der Waals surface area (Å²) in [6.07, 6.45) is 0. The van der Waals surface area contributed by atoms with Crippen molar-refractivity contribution in [3.8, 4) is 23.0 Å². The maximum absolute atomic E-state index is 13.7. The van der Waals surface area contributed by atoms with Gasteiger partial charge in [-0.1, -0.05) is 41.3 Å². The van der Waals surface area contributed by atoms with Crippen LogP contribution in [0.15, 0.2) is 70.6 Å². The Hall–Kier alpha value is -4.62. The molecule has 1 atom stereocenters. The second kappa shape index (κ2) is 13.2. The third kappa shape index (κ3) is 6.18. The summed E-state index contributed by atoms with van der Waals surface area (Å²) in [5.41, 5.74) is 1.54. The topological polar surface area (TPSA) is 120 Å². The fraction of sp³-hybridized carbons (Fsp3) is 0.250. The summed E-state index contributed by atoms with van der Waals surface area (Å²) in [5, 5.41) is 20.3. The van der Waals surface area contributed by atoms with Gasteiger partial charge in [-0.15, -0.1) is 10.2 Å². The number of thioether (sulfide) groups is 1. The number of aromatic nitrogens is 2. The number of nitrogens with zero attached hydrogens (tertiary/aromatic N) is 3. The van der Waals surface area contributed by atoms with Crippen molar-refractivity contribution in [3.63, 3.8) is 0 Å². The zero-order valence-electron chi connectivity index (χ0n) is 24.3. The molecule has 0 radical (unpaired) electrons. The second-order valence-electron chi connectivity index (χ2n) is 9.87. The predicted octanol–water partition coefficient (Wildman–Crippen LogP) is 6.16. The quantitative estimate of drug-likeness (QED) is 0.0703. The molecule has 2 aliphatic rings. The SMILES string of the molecule is CCOc1ccc(C2C(=C(O)c3ccc4c(c3)OCCO4)C(=O)C(=O)N2c2nnc(SCc3ccc(F)cc3)s2)cc1OCC. The number of fused-ring (bicyclic) bond motifs is 1. The molecule has 3 heterocycles. The van der Waals surface area contributed by atoms with E-state index in [2.05, 4.69) is 10.2 Å². The number of aliphatic hydroxyl groups excluding tert-OH is 1. The Labute approximate surface area is 266 Å². The molecular formula is C32H28FN3O7S2. The molecule has 232 valence electrons. The first-order valence-corrected chi connectivity index (χ1v) is 16.0. The van der Waals surface area contributed by atoms with Crippen molar-refractivity contribution >= 4 is 45.7 Å². The van der Waals surface area contributed by atoms with E-state index in [-0.39, 0.29) is 27.8 Å². The lowest BCUT2D eigenvalue weighted by atomic mass is 9.95. The number of ketones is 1. The van der Waals surface area contributed by atoms with Crippen molar-refractivity contribution in [2.45, 2.75) is 30.0 Å². The van der Waals surface area contributed by atoms with E-state index in [0.717, 1.165) is 16.9 Å². The van der Waals surface area contributed by atoms with E-state index in [9.17, 15) is 19.1 Å². The number of anilines is 1. The van der Waals surface area contributed by atoms with Gasteiger partial charge in [0.25, 0.3) is 5.78 Å². The van der Waals surface area contributed by atoms with Crippen LogP contribution in [0.5, 0.6) is 23.0 Å². The first-order chi connectivity index (χ1) is 21.9. The normalized spacial score (nSPS) is 17.0. The lowest BCUT2D eigenvalue weighted by molar-refractivity contribution is -0.132. The van der Waals surface area contributed by atoms with E-state index < -0.39 is 17.7 Å². The Morgan fingerprint density at radius 2 is 1.71 bits per heavy atom. The van der Waals surface area contributed by atoms with Crippen molar-refractivity contribution in [1.82, 2.24) is 10.2 Å². The van der Waals surface area contributed by atoms with Gasteiger partial charge in [0, 0.05) is 11.3 Å². The summed E-state index contributed by atoms with van der Waals surface area (Å²) in [6.45, 7) is 5.19. The number of carbonyl (C=O) groups excluding carboxylic acids is 2. The van der Waals surface area contributed by atoms with Crippen molar-refractivity contribution in [3.05, 3.63) is 88.7 Å². The molecule has 13 heteroatoms. The Morgan fingerprint density at radius 1 is 0.978 bits per heavy atom. The minimum atomic E-state index is -1.06.